The smallest absolute Gasteiger partial charge is 0.239 e. The standard InChI is InChI=1S/C13H16BrN3OS/c1-4-9(14)12(18)16-13-15-10-6-5-8(17(2)3)7-11(10)19-13/h5-7,9H,4H2,1-3H3,(H,15,16,18). The largest absolute Gasteiger partial charge is 0.378 e. The average molecular weight is 342 g/mol. The molecular weight excluding hydrogens is 326 g/mol. The van der Waals surface area contributed by atoms with Crippen molar-refractivity contribution >= 4 is 54.2 Å². The van der Waals surface area contributed by atoms with Crippen LogP contribution in [0.1, 0.15) is 13.3 Å². The van der Waals surface area contributed by atoms with Gasteiger partial charge in [0.25, 0.3) is 0 Å². The van der Waals surface area contributed by atoms with E-state index in [0.717, 1.165) is 22.3 Å². The second kappa shape index (κ2) is 5.88. The van der Waals surface area contributed by atoms with Crippen LogP contribution in [0.15, 0.2) is 18.2 Å². The van der Waals surface area contributed by atoms with Crippen LogP contribution in [-0.2, 0) is 4.79 Å². The quantitative estimate of drug-likeness (QED) is 0.866. The molecule has 1 atom stereocenters. The number of aromatic nitrogens is 1. The van der Waals surface area contributed by atoms with Crippen LogP contribution in [-0.4, -0.2) is 29.8 Å². The van der Waals surface area contributed by atoms with E-state index >= 15 is 0 Å². The fourth-order valence-electron chi connectivity index (χ4n) is 1.61. The first-order valence-corrected chi connectivity index (χ1v) is 7.77. The van der Waals surface area contributed by atoms with E-state index in [9.17, 15) is 4.79 Å². The highest BCUT2D eigenvalue weighted by atomic mass is 79.9. The summed E-state index contributed by atoms with van der Waals surface area (Å²) in [6.45, 7) is 1.96. The van der Waals surface area contributed by atoms with Gasteiger partial charge in [-0.05, 0) is 24.6 Å². The first kappa shape index (κ1) is 14.3. The number of carbonyl (C=O) groups excluding carboxylic acids is 1. The Labute approximate surface area is 125 Å². The SMILES string of the molecule is CCC(Br)C(=O)Nc1nc2ccc(N(C)C)cc2s1. The summed E-state index contributed by atoms with van der Waals surface area (Å²) in [5.74, 6) is -0.0469. The van der Waals surface area contributed by atoms with Gasteiger partial charge in [0.2, 0.25) is 5.91 Å². The Morgan fingerprint density at radius 1 is 1.53 bits per heavy atom. The van der Waals surface area contributed by atoms with Gasteiger partial charge in [-0.2, -0.15) is 0 Å². The predicted octanol–water partition coefficient (Wildman–Crippen LogP) is 3.47. The summed E-state index contributed by atoms with van der Waals surface area (Å²) in [4.78, 5) is 18.1. The van der Waals surface area contributed by atoms with Crippen molar-refractivity contribution in [1.29, 1.82) is 0 Å². The number of nitrogens with zero attached hydrogens (tertiary/aromatic N) is 2. The summed E-state index contributed by atoms with van der Waals surface area (Å²) in [6, 6.07) is 6.07. The third kappa shape index (κ3) is 3.25. The van der Waals surface area contributed by atoms with E-state index in [-0.39, 0.29) is 10.7 Å². The van der Waals surface area contributed by atoms with Crippen molar-refractivity contribution in [1.82, 2.24) is 4.98 Å². The van der Waals surface area contributed by atoms with E-state index in [2.05, 4.69) is 32.3 Å². The van der Waals surface area contributed by atoms with Crippen molar-refractivity contribution in [2.45, 2.75) is 18.2 Å². The van der Waals surface area contributed by atoms with Gasteiger partial charge in [-0.15, -0.1) is 0 Å². The van der Waals surface area contributed by atoms with Crippen LogP contribution in [0.4, 0.5) is 10.8 Å². The van der Waals surface area contributed by atoms with Crippen molar-refractivity contribution in [2.24, 2.45) is 0 Å². The molecule has 1 heterocycles. The minimum absolute atomic E-state index is 0.0469. The molecule has 0 aliphatic carbocycles. The summed E-state index contributed by atoms with van der Waals surface area (Å²) in [6.07, 6.45) is 0.751. The maximum absolute atomic E-state index is 11.8. The average Bonchev–Trinajstić information content (AvgIpc) is 2.78. The van der Waals surface area contributed by atoms with E-state index in [1.165, 1.54) is 11.3 Å². The lowest BCUT2D eigenvalue weighted by atomic mass is 10.3. The summed E-state index contributed by atoms with van der Waals surface area (Å²) in [5, 5.41) is 3.49. The van der Waals surface area contributed by atoms with Gasteiger partial charge in [-0.25, -0.2) is 4.98 Å². The first-order chi connectivity index (χ1) is 9.01. The van der Waals surface area contributed by atoms with Crippen molar-refractivity contribution in [3.63, 3.8) is 0 Å². The molecule has 1 aromatic heterocycles. The molecule has 1 aromatic carbocycles. The number of fused-ring (bicyclic) bond motifs is 1. The molecule has 4 nitrogen and oxygen atoms in total. The van der Waals surface area contributed by atoms with Crippen molar-refractivity contribution < 1.29 is 4.79 Å². The lowest BCUT2D eigenvalue weighted by Gasteiger charge is -2.11. The van der Waals surface area contributed by atoms with Crippen molar-refractivity contribution in [3.8, 4) is 0 Å². The Balaban J connectivity index is 2.24. The zero-order chi connectivity index (χ0) is 14.0. The van der Waals surface area contributed by atoms with Crippen LogP contribution in [0.5, 0.6) is 0 Å². The summed E-state index contributed by atoms with van der Waals surface area (Å²) >= 11 is 4.83. The van der Waals surface area contributed by atoms with Crippen LogP contribution >= 0.6 is 27.3 Å². The van der Waals surface area contributed by atoms with Crippen LogP contribution < -0.4 is 10.2 Å². The van der Waals surface area contributed by atoms with Crippen molar-refractivity contribution in [3.05, 3.63) is 18.2 Å². The molecule has 0 radical (unpaired) electrons. The molecular formula is C13H16BrN3OS. The Hall–Kier alpha value is -1.14. The molecule has 0 aliphatic rings. The highest BCUT2D eigenvalue weighted by molar-refractivity contribution is 9.10. The summed E-state index contributed by atoms with van der Waals surface area (Å²) < 4.78 is 1.07. The van der Waals surface area contributed by atoms with Gasteiger partial charge in [-0.3, -0.25) is 4.79 Å². The minimum atomic E-state index is -0.170. The lowest BCUT2D eigenvalue weighted by Crippen LogP contribution is -2.21. The molecule has 6 heteroatoms. The topological polar surface area (TPSA) is 45.2 Å². The molecule has 0 fully saturated rings. The third-order valence-electron chi connectivity index (χ3n) is 2.76. The second-order valence-electron chi connectivity index (χ2n) is 4.43. The maximum Gasteiger partial charge on any atom is 0.239 e. The van der Waals surface area contributed by atoms with Gasteiger partial charge in [0.1, 0.15) is 0 Å². The molecule has 0 spiro atoms. The monoisotopic (exact) mass is 341 g/mol. The van der Waals surface area contributed by atoms with E-state index in [1.807, 2.05) is 38.1 Å². The Bertz CT molecular complexity index is 597. The molecule has 1 unspecified atom stereocenters. The maximum atomic E-state index is 11.8. The Morgan fingerprint density at radius 3 is 2.89 bits per heavy atom. The molecule has 1 amide bonds. The number of thiazole rings is 1. The molecule has 0 bridgehead atoms. The lowest BCUT2D eigenvalue weighted by molar-refractivity contribution is -0.115. The van der Waals surface area contributed by atoms with Crippen LogP contribution in [0.25, 0.3) is 10.2 Å². The molecule has 2 rings (SSSR count). The number of nitrogens with one attached hydrogen (secondary N) is 1. The van der Waals surface area contributed by atoms with Gasteiger partial charge in [-0.1, -0.05) is 34.2 Å². The summed E-state index contributed by atoms with van der Waals surface area (Å²) in [5.41, 5.74) is 2.04. The van der Waals surface area contributed by atoms with E-state index in [4.69, 9.17) is 0 Å². The van der Waals surface area contributed by atoms with Gasteiger partial charge in [0, 0.05) is 19.8 Å². The fourth-order valence-corrected chi connectivity index (χ4v) is 2.63. The molecule has 1 N–H and O–H groups in total. The molecule has 0 aliphatic heterocycles. The van der Waals surface area contributed by atoms with Crippen LogP contribution in [0.3, 0.4) is 0 Å². The number of amides is 1. The third-order valence-corrected chi connectivity index (χ3v) is 4.76. The number of benzene rings is 1. The van der Waals surface area contributed by atoms with E-state index < -0.39 is 0 Å². The highest BCUT2D eigenvalue weighted by Crippen LogP contribution is 2.29. The molecule has 0 saturated carbocycles. The Kier molecular flexibility index (Phi) is 4.42. The zero-order valence-corrected chi connectivity index (χ0v) is 13.5. The van der Waals surface area contributed by atoms with E-state index in [1.54, 1.807) is 0 Å². The number of halogens is 1. The van der Waals surface area contributed by atoms with Crippen molar-refractivity contribution in [2.75, 3.05) is 24.3 Å². The van der Waals surface area contributed by atoms with Gasteiger partial charge in [0.05, 0.1) is 15.0 Å². The van der Waals surface area contributed by atoms with Gasteiger partial charge >= 0.3 is 0 Å². The predicted molar refractivity (Wildman–Crippen MR) is 85.6 cm³/mol. The Morgan fingerprint density at radius 2 is 2.26 bits per heavy atom. The fraction of sp³-hybridized carbons (Fsp3) is 0.385. The first-order valence-electron chi connectivity index (χ1n) is 6.04. The summed E-state index contributed by atoms with van der Waals surface area (Å²) in [7, 11) is 4.00. The minimum Gasteiger partial charge on any atom is -0.378 e. The van der Waals surface area contributed by atoms with Crippen LogP contribution in [0, 0.1) is 0 Å². The number of hydrogen-bond acceptors (Lipinski definition) is 4. The molecule has 102 valence electrons. The highest BCUT2D eigenvalue weighted by Gasteiger charge is 2.14. The zero-order valence-electron chi connectivity index (χ0n) is 11.1. The normalized spacial score (nSPS) is 12.4. The molecule has 0 saturated heterocycles. The number of hydrogen-bond donors (Lipinski definition) is 1. The van der Waals surface area contributed by atoms with Gasteiger partial charge < -0.3 is 10.2 Å². The van der Waals surface area contributed by atoms with Gasteiger partial charge in [0.15, 0.2) is 5.13 Å². The number of anilines is 2. The number of rotatable bonds is 4. The molecule has 2 aromatic rings. The number of alkyl halides is 1. The van der Waals surface area contributed by atoms with Crippen LogP contribution in [0.2, 0.25) is 0 Å². The second-order valence-corrected chi connectivity index (χ2v) is 6.57. The number of carbonyl (C=O) groups is 1. The van der Waals surface area contributed by atoms with E-state index in [0.29, 0.717) is 5.13 Å². The molecule has 19 heavy (non-hydrogen) atoms.